The SMILES string of the molecule is CCOC(=O)CC1CCc2cc(OCc3ccc(C#N)cc3)ccc2O1. The summed E-state index contributed by atoms with van der Waals surface area (Å²) in [6.07, 6.45) is 1.77. The van der Waals surface area contributed by atoms with Crippen molar-refractivity contribution in [2.75, 3.05) is 6.61 Å². The molecule has 1 heterocycles. The summed E-state index contributed by atoms with van der Waals surface area (Å²) in [4.78, 5) is 11.6. The Morgan fingerprint density at radius 3 is 2.81 bits per heavy atom. The molecule has 0 aromatic heterocycles. The molecule has 5 nitrogen and oxygen atoms in total. The van der Waals surface area contributed by atoms with Crippen LogP contribution in [0, 0.1) is 11.3 Å². The second kappa shape index (κ2) is 8.39. The van der Waals surface area contributed by atoms with E-state index in [1.165, 1.54) is 0 Å². The number of ether oxygens (including phenoxy) is 3. The Hall–Kier alpha value is -3.00. The zero-order chi connectivity index (χ0) is 18.4. The molecule has 0 aliphatic carbocycles. The molecular weight excluding hydrogens is 330 g/mol. The number of nitrogens with zero attached hydrogens (tertiary/aromatic N) is 1. The number of aryl methyl sites for hydroxylation is 1. The highest BCUT2D eigenvalue weighted by Gasteiger charge is 2.23. The summed E-state index contributed by atoms with van der Waals surface area (Å²) in [6, 6.07) is 15.2. The molecule has 0 saturated carbocycles. The van der Waals surface area contributed by atoms with E-state index >= 15 is 0 Å². The van der Waals surface area contributed by atoms with Crippen molar-refractivity contribution < 1.29 is 19.0 Å². The zero-order valence-corrected chi connectivity index (χ0v) is 14.7. The van der Waals surface area contributed by atoms with E-state index in [0.717, 1.165) is 35.5 Å². The van der Waals surface area contributed by atoms with Crippen molar-refractivity contribution in [1.82, 2.24) is 0 Å². The second-order valence-electron chi connectivity index (χ2n) is 6.15. The molecule has 0 fully saturated rings. The normalized spacial score (nSPS) is 15.3. The standard InChI is InChI=1S/C21H21NO4/c1-2-24-21(23)12-19-8-7-17-11-18(9-10-20(17)26-19)25-14-16-5-3-15(13-22)4-6-16/h3-6,9-11,19H,2,7-8,12,14H2,1H3. The molecule has 1 aliphatic heterocycles. The van der Waals surface area contributed by atoms with Gasteiger partial charge in [-0.2, -0.15) is 5.26 Å². The molecule has 0 bridgehead atoms. The fourth-order valence-corrected chi connectivity index (χ4v) is 2.90. The third-order valence-electron chi connectivity index (χ3n) is 4.25. The molecule has 2 aromatic rings. The van der Waals surface area contributed by atoms with Crippen molar-refractivity contribution in [3.8, 4) is 17.6 Å². The number of carbonyl (C=O) groups is 1. The fraction of sp³-hybridized carbons (Fsp3) is 0.333. The van der Waals surface area contributed by atoms with Gasteiger partial charge in [-0.25, -0.2) is 0 Å². The molecule has 5 heteroatoms. The Kier molecular flexibility index (Phi) is 5.75. The first-order valence-corrected chi connectivity index (χ1v) is 8.75. The van der Waals surface area contributed by atoms with Crippen molar-refractivity contribution in [1.29, 1.82) is 5.26 Å². The molecule has 3 rings (SSSR count). The quantitative estimate of drug-likeness (QED) is 0.741. The highest BCUT2D eigenvalue weighted by Crippen LogP contribution is 2.32. The summed E-state index contributed by atoms with van der Waals surface area (Å²) in [7, 11) is 0. The lowest BCUT2D eigenvalue weighted by Gasteiger charge is -2.26. The molecule has 0 radical (unpaired) electrons. The third-order valence-corrected chi connectivity index (χ3v) is 4.25. The summed E-state index contributed by atoms with van der Waals surface area (Å²) in [6.45, 7) is 2.63. The highest BCUT2D eigenvalue weighted by atomic mass is 16.5. The van der Waals surface area contributed by atoms with Gasteiger partial charge < -0.3 is 14.2 Å². The minimum absolute atomic E-state index is 0.132. The topological polar surface area (TPSA) is 68.5 Å². The van der Waals surface area contributed by atoms with Gasteiger partial charge in [-0.1, -0.05) is 12.1 Å². The lowest BCUT2D eigenvalue weighted by molar-refractivity contribution is -0.145. The Bertz CT molecular complexity index is 808. The molecule has 1 unspecified atom stereocenters. The number of carbonyl (C=O) groups excluding carboxylic acids is 1. The van der Waals surface area contributed by atoms with Crippen molar-refractivity contribution in [3.63, 3.8) is 0 Å². The van der Waals surface area contributed by atoms with Crippen molar-refractivity contribution in [2.45, 2.75) is 38.9 Å². The van der Waals surface area contributed by atoms with Gasteiger partial charge in [-0.05, 0) is 61.2 Å². The molecular formula is C21H21NO4. The fourth-order valence-electron chi connectivity index (χ4n) is 2.90. The molecule has 0 amide bonds. The smallest absolute Gasteiger partial charge is 0.309 e. The van der Waals surface area contributed by atoms with Gasteiger partial charge in [-0.15, -0.1) is 0 Å². The van der Waals surface area contributed by atoms with E-state index < -0.39 is 0 Å². The average Bonchev–Trinajstić information content (AvgIpc) is 2.67. The second-order valence-corrected chi connectivity index (χ2v) is 6.15. The van der Waals surface area contributed by atoms with Crippen LogP contribution in [0.25, 0.3) is 0 Å². The molecule has 1 atom stereocenters. The van der Waals surface area contributed by atoms with Gasteiger partial charge >= 0.3 is 5.97 Å². The van der Waals surface area contributed by atoms with Gasteiger partial charge in [0.2, 0.25) is 0 Å². The Morgan fingerprint density at radius 1 is 1.27 bits per heavy atom. The summed E-state index contributed by atoms with van der Waals surface area (Å²) in [5.41, 5.74) is 2.73. The molecule has 0 saturated heterocycles. The van der Waals surface area contributed by atoms with Crippen LogP contribution < -0.4 is 9.47 Å². The first-order valence-electron chi connectivity index (χ1n) is 8.75. The van der Waals surface area contributed by atoms with E-state index in [4.69, 9.17) is 19.5 Å². The molecule has 26 heavy (non-hydrogen) atoms. The number of nitriles is 1. The van der Waals surface area contributed by atoms with Crippen molar-refractivity contribution in [3.05, 3.63) is 59.2 Å². The molecule has 2 aromatic carbocycles. The predicted molar refractivity (Wildman–Crippen MR) is 95.9 cm³/mol. The monoisotopic (exact) mass is 351 g/mol. The van der Waals surface area contributed by atoms with Gasteiger partial charge in [0, 0.05) is 0 Å². The van der Waals surface area contributed by atoms with Crippen LogP contribution in [0.15, 0.2) is 42.5 Å². The number of benzene rings is 2. The molecule has 1 aliphatic rings. The Balaban J connectivity index is 1.57. The van der Waals surface area contributed by atoms with Crippen molar-refractivity contribution in [2.24, 2.45) is 0 Å². The van der Waals surface area contributed by atoms with Crippen LogP contribution in [0.2, 0.25) is 0 Å². The molecule has 0 N–H and O–H groups in total. The van der Waals surface area contributed by atoms with Crippen LogP contribution in [0.3, 0.4) is 0 Å². The Labute approximate surface area is 153 Å². The number of fused-ring (bicyclic) bond motifs is 1. The van der Waals surface area contributed by atoms with Crippen LogP contribution in [-0.4, -0.2) is 18.7 Å². The maximum absolute atomic E-state index is 11.6. The lowest BCUT2D eigenvalue weighted by atomic mass is 10.0. The number of hydrogen-bond donors (Lipinski definition) is 0. The van der Waals surface area contributed by atoms with Gasteiger partial charge in [0.1, 0.15) is 24.2 Å². The Morgan fingerprint density at radius 2 is 2.08 bits per heavy atom. The zero-order valence-electron chi connectivity index (χ0n) is 14.7. The van der Waals surface area contributed by atoms with Crippen LogP contribution in [-0.2, 0) is 22.6 Å². The van der Waals surface area contributed by atoms with Gasteiger partial charge in [-0.3, -0.25) is 4.79 Å². The minimum atomic E-state index is -0.219. The van der Waals surface area contributed by atoms with Gasteiger partial charge in [0.15, 0.2) is 0 Å². The van der Waals surface area contributed by atoms with Gasteiger partial charge in [0.25, 0.3) is 0 Å². The summed E-state index contributed by atoms with van der Waals surface area (Å²) < 4.78 is 16.7. The van der Waals surface area contributed by atoms with Crippen LogP contribution >= 0.6 is 0 Å². The maximum atomic E-state index is 11.6. The van der Waals surface area contributed by atoms with Gasteiger partial charge in [0.05, 0.1) is 24.7 Å². The largest absolute Gasteiger partial charge is 0.490 e. The van der Waals surface area contributed by atoms with E-state index in [1.807, 2.05) is 30.3 Å². The third kappa shape index (κ3) is 4.54. The van der Waals surface area contributed by atoms with E-state index in [2.05, 4.69) is 6.07 Å². The first-order chi connectivity index (χ1) is 12.7. The predicted octanol–water partition coefficient (Wildman–Crippen LogP) is 3.78. The van der Waals surface area contributed by atoms with Crippen LogP contribution in [0.4, 0.5) is 0 Å². The van der Waals surface area contributed by atoms with E-state index in [0.29, 0.717) is 18.8 Å². The number of esters is 1. The van der Waals surface area contributed by atoms with E-state index in [1.54, 1.807) is 19.1 Å². The van der Waals surface area contributed by atoms with E-state index in [-0.39, 0.29) is 18.5 Å². The molecule has 134 valence electrons. The maximum Gasteiger partial charge on any atom is 0.309 e. The summed E-state index contributed by atoms with van der Waals surface area (Å²) >= 11 is 0. The molecule has 0 spiro atoms. The highest BCUT2D eigenvalue weighted by molar-refractivity contribution is 5.70. The average molecular weight is 351 g/mol. The van der Waals surface area contributed by atoms with Crippen LogP contribution in [0.1, 0.15) is 36.5 Å². The number of rotatable bonds is 6. The first kappa shape index (κ1) is 17.8. The lowest BCUT2D eigenvalue weighted by Crippen LogP contribution is -2.26. The minimum Gasteiger partial charge on any atom is -0.490 e. The van der Waals surface area contributed by atoms with E-state index in [9.17, 15) is 4.79 Å². The van der Waals surface area contributed by atoms with Crippen LogP contribution in [0.5, 0.6) is 11.5 Å². The van der Waals surface area contributed by atoms with Crippen molar-refractivity contribution >= 4 is 5.97 Å². The summed E-state index contributed by atoms with van der Waals surface area (Å²) in [5, 5.41) is 8.82. The summed E-state index contributed by atoms with van der Waals surface area (Å²) in [5.74, 6) is 1.36. The number of hydrogen-bond acceptors (Lipinski definition) is 5.